The van der Waals surface area contributed by atoms with Gasteiger partial charge in [0.15, 0.2) is 0 Å². The Morgan fingerprint density at radius 2 is 1.95 bits per heavy atom. The maximum absolute atomic E-state index is 9.90. The second-order valence-electron chi connectivity index (χ2n) is 6.95. The normalized spacial score (nSPS) is 26.7. The quantitative estimate of drug-likeness (QED) is 0.802. The van der Waals surface area contributed by atoms with Gasteiger partial charge in [-0.2, -0.15) is 0 Å². The van der Waals surface area contributed by atoms with Crippen LogP contribution in [-0.4, -0.2) is 17.3 Å². The van der Waals surface area contributed by atoms with Gasteiger partial charge in [0.1, 0.15) is 0 Å². The van der Waals surface area contributed by atoms with E-state index in [1.54, 1.807) is 0 Å². The summed E-state index contributed by atoms with van der Waals surface area (Å²) < 4.78 is 0. The number of nitrogens with one attached hydrogen (secondary N) is 1. The summed E-state index contributed by atoms with van der Waals surface area (Å²) in [6.07, 6.45) is 5.72. The third-order valence-corrected chi connectivity index (χ3v) is 4.52. The highest BCUT2D eigenvalue weighted by atomic mass is 16.3. The van der Waals surface area contributed by atoms with Crippen molar-refractivity contribution < 1.29 is 5.11 Å². The molecule has 0 aromatic heterocycles. The molecule has 19 heavy (non-hydrogen) atoms. The van der Waals surface area contributed by atoms with Crippen LogP contribution in [-0.2, 0) is 0 Å². The van der Waals surface area contributed by atoms with Crippen molar-refractivity contribution in [3.8, 4) is 0 Å². The third kappa shape index (κ3) is 3.73. The molecule has 0 heterocycles. The second-order valence-corrected chi connectivity index (χ2v) is 6.95. The van der Waals surface area contributed by atoms with Crippen LogP contribution in [0.3, 0.4) is 0 Å². The Kier molecular flexibility index (Phi) is 4.19. The van der Waals surface area contributed by atoms with Crippen molar-refractivity contribution in [2.24, 2.45) is 5.41 Å². The summed E-state index contributed by atoms with van der Waals surface area (Å²) in [4.78, 5) is 0. The van der Waals surface area contributed by atoms with Crippen LogP contribution in [0.15, 0.2) is 24.3 Å². The van der Waals surface area contributed by atoms with Gasteiger partial charge < -0.3 is 10.4 Å². The maximum Gasteiger partial charge on any atom is 0.0661 e. The van der Waals surface area contributed by atoms with Crippen molar-refractivity contribution in [2.75, 3.05) is 11.9 Å². The number of hydrogen-bond acceptors (Lipinski definition) is 2. The Labute approximate surface area is 117 Å². The molecule has 1 atom stereocenters. The first-order chi connectivity index (χ1) is 8.95. The molecule has 2 N–H and O–H groups in total. The molecule has 1 aromatic carbocycles. The van der Waals surface area contributed by atoms with Crippen LogP contribution in [0.1, 0.15) is 51.5 Å². The minimum Gasteiger partial charge on any atom is -0.394 e. The highest BCUT2D eigenvalue weighted by Gasteiger charge is 2.35. The minimum atomic E-state index is -0.137. The fraction of sp³-hybridized carbons (Fsp3) is 0.647. The lowest BCUT2D eigenvalue weighted by Gasteiger charge is -2.34. The molecule has 2 nitrogen and oxygen atoms in total. The number of aryl methyl sites for hydroxylation is 1. The van der Waals surface area contributed by atoms with Gasteiger partial charge in [-0.3, -0.25) is 0 Å². The fourth-order valence-electron chi connectivity index (χ4n) is 3.08. The lowest BCUT2D eigenvalue weighted by Crippen LogP contribution is -2.41. The zero-order chi connectivity index (χ0) is 13.9. The van der Waals surface area contributed by atoms with E-state index in [-0.39, 0.29) is 12.1 Å². The average Bonchev–Trinajstić information content (AvgIpc) is 2.49. The molecule has 1 aliphatic carbocycles. The lowest BCUT2D eigenvalue weighted by molar-refractivity contribution is 0.191. The summed E-state index contributed by atoms with van der Waals surface area (Å²) in [6, 6.07) is 8.43. The van der Waals surface area contributed by atoms with E-state index >= 15 is 0 Å². The van der Waals surface area contributed by atoms with E-state index in [1.165, 1.54) is 24.8 Å². The second kappa shape index (κ2) is 5.54. The fourth-order valence-corrected chi connectivity index (χ4v) is 3.08. The Hall–Kier alpha value is -1.02. The van der Waals surface area contributed by atoms with Crippen molar-refractivity contribution in [3.05, 3.63) is 29.8 Å². The largest absolute Gasteiger partial charge is 0.394 e. The number of aliphatic hydroxyl groups excluding tert-OH is 1. The zero-order valence-corrected chi connectivity index (χ0v) is 12.5. The summed E-state index contributed by atoms with van der Waals surface area (Å²) in [5.41, 5.74) is 2.66. The van der Waals surface area contributed by atoms with Crippen LogP contribution in [0.4, 0.5) is 5.69 Å². The van der Waals surface area contributed by atoms with Crippen molar-refractivity contribution in [1.82, 2.24) is 0 Å². The Bertz CT molecular complexity index is 427. The molecule has 0 bridgehead atoms. The van der Waals surface area contributed by atoms with Gasteiger partial charge in [0, 0.05) is 5.69 Å². The van der Waals surface area contributed by atoms with Crippen molar-refractivity contribution in [2.45, 2.75) is 58.4 Å². The van der Waals surface area contributed by atoms with E-state index in [9.17, 15) is 5.11 Å². The van der Waals surface area contributed by atoms with Crippen LogP contribution >= 0.6 is 0 Å². The molecule has 0 amide bonds. The highest BCUT2D eigenvalue weighted by Crippen LogP contribution is 2.39. The first-order valence-corrected chi connectivity index (χ1v) is 7.41. The summed E-state index contributed by atoms with van der Waals surface area (Å²) in [5.74, 6) is 0. The van der Waals surface area contributed by atoms with Gasteiger partial charge in [-0.15, -0.1) is 0 Å². The van der Waals surface area contributed by atoms with Gasteiger partial charge in [-0.1, -0.05) is 32.4 Å². The topological polar surface area (TPSA) is 32.3 Å². The summed E-state index contributed by atoms with van der Waals surface area (Å²) in [6.45, 7) is 7.00. The van der Waals surface area contributed by atoms with Crippen LogP contribution in [0, 0.1) is 12.3 Å². The monoisotopic (exact) mass is 261 g/mol. The van der Waals surface area contributed by atoms with Gasteiger partial charge in [0.2, 0.25) is 0 Å². The highest BCUT2D eigenvalue weighted by molar-refractivity contribution is 5.47. The molecule has 0 radical (unpaired) electrons. The number of rotatable bonds is 3. The molecule has 2 heteroatoms. The molecule has 0 spiro atoms. The number of benzene rings is 1. The van der Waals surface area contributed by atoms with Crippen molar-refractivity contribution in [3.63, 3.8) is 0 Å². The summed E-state index contributed by atoms with van der Waals surface area (Å²) in [7, 11) is 0. The van der Waals surface area contributed by atoms with Crippen molar-refractivity contribution in [1.29, 1.82) is 0 Å². The molecular weight excluding hydrogens is 234 g/mol. The van der Waals surface area contributed by atoms with Crippen molar-refractivity contribution >= 4 is 5.69 Å². The summed E-state index contributed by atoms with van der Waals surface area (Å²) >= 11 is 0. The number of aliphatic hydroxyl groups is 1. The lowest BCUT2D eigenvalue weighted by atomic mass is 9.83. The predicted octanol–water partition coefficient (Wildman–Crippen LogP) is 4.13. The molecule has 1 fully saturated rings. The molecule has 1 saturated carbocycles. The van der Waals surface area contributed by atoms with Crippen LogP contribution in [0.2, 0.25) is 0 Å². The maximum atomic E-state index is 9.90. The Balaban J connectivity index is 2.14. The van der Waals surface area contributed by atoms with Gasteiger partial charge in [-0.25, -0.2) is 0 Å². The van der Waals surface area contributed by atoms with E-state index in [1.807, 2.05) is 0 Å². The predicted molar refractivity (Wildman–Crippen MR) is 81.5 cm³/mol. The molecule has 1 unspecified atom stereocenters. The van der Waals surface area contributed by atoms with E-state index in [4.69, 9.17) is 0 Å². The molecule has 106 valence electrons. The molecule has 2 rings (SSSR count). The van der Waals surface area contributed by atoms with Gasteiger partial charge in [0.25, 0.3) is 0 Å². The van der Waals surface area contributed by atoms with Gasteiger partial charge >= 0.3 is 0 Å². The first-order valence-electron chi connectivity index (χ1n) is 7.41. The smallest absolute Gasteiger partial charge is 0.0661 e. The molecular formula is C17H27NO. The molecule has 1 aliphatic rings. The molecule has 0 aliphatic heterocycles. The first kappa shape index (κ1) is 14.4. The zero-order valence-electron chi connectivity index (χ0n) is 12.5. The SMILES string of the molecule is Cc1cccc(NC2(CO)CCCC(C)(C)CC2)c1. The van der Waals surface area contributed by atoms with E-state index < -0.39 is 0 Å². The van der Waals surface area contributed by atoms with Crippen LogP contribution in [0.25, 0.3) is 0 Å². The third-order valence-electron chi connectivity index (χ3n) is 4.52. The number of hydrogen-bond donors (Lipinski definition) is 2. The number of anilines is 1. The van der Waals surface area contributed by atoms with Gasteiger partial charge in [-0.05, 0) is 55.7 Å². The van der Waals surface area contributed by atoms with Crippen LogP contribution in [0.5, 0.6) is 0 Å². The average molecular weight is 261 g/mol. The van der Waals surface area contributed by atoms with Crippen LogP contribution < -0.4 is 5.32 Å². The van der Waals surface area contributed by atoms with E-state index in [2.05, 4.69) is 50.4 Å². The Morgan fingerprint density at radius 3 is 2.63 bits per heavy atom. The standard InChI is InChI=1S/C17H27NO/c1-14-6-4-7-15(12-14)18-17(13-19)9-5-8-16(2,3)10-11-17/h4,6-7,12,18-19H,5,8-11,13H2,1-3H3. The van der Waals surface area contributed by atoms with Gasteiger partial charge in [0.05, 0.1) is 12.1 Å². The molecule has 1 aromatic rings. The summed E-state index contributed by atoms with van der Waals surface area (Å²) in [5, 5.41) is 13.5. The molecule has 0 saturated heterocycles. The van der Waals surface area contributed by atoms with E-state index in [0.717, 1.165) is 18.5 Å². The Morgan fingerprint density at radius 1 is 1.16 bits per heavy atom. The van der Waals surface area contributed by atoms with E-state index in [0.29, 0.717) is 5.41 Å². The minimum absolute atomic E-state index is 0.137.